The molecule has 0 aliphatic heterocycles. The molecule has 6 rings (SSSR count). The molecule has 25 heteroatoms. The van der Waals surface area contributed by atoms with Gasteiger partial charge in [0, 0.05) is 83.9 Å². The number of aromatic nitrogens is 3. The smallest absolute Gasteiger partial charge is 0.305 e. The number of aromatic amines is 3. The fourth-order valence-electron chi connectivity index (χ4n) is 9.43. The van der Waals surface area contributed by atoms with Crippen molar-refractivity contribution in [3.05, 3.63) is 108 Å². The van der Waals surface area contributed by atoms with Crippen molar-refractivity contribution in [2.75, 3.05) is 6.54 Å². The number of benzene rings is 3. The predicted octanol–water partition coefficient (Wildman–Crippen LogP) is 1.21. The average Bonchev–Trinajstić information content (AvgIpc) is 4.19. The van der Waals surface area contributed by atoms with E-state index in [1.54, 1.807) is 87.9 Å². The van der Waals surface area contributed by atoms with Crippen molar-refractivity contribution in [1.29, 1.82) is 0 Å². The molecule has 436 valence electrons. The van der Waals surface area contributed by atoms with Crippen LogP contribution >= 0.6 is 0 Å². The Morgan fingerprint density at radius 2 is 0.915 bits per heavy atom. The van der Waals surface area contributed by atoms with Crippen LogP contribution in [0.25, 0.3) is 32.7 Å². The largest absolute Gasteiger partial charge is 0.481 e. The third-order valence-electron chi connectivity index (χ3n) is 14.1. The molecule has 6 aromatic rings. The highest BCUT2D eigenvalue weighted by atomic mass is 16.4. The van der Waals surface area contributed by atoms with Crippen LogP contribution in [0.1, 0.15) is 77.0 Å². The van der Waals surface area contributed by atoms with Gasteiger partial charge < -0.3 is 73.4 Å². The number of carbonyl (C=O) groups excluding carboxylic acids is 9. The van der Waals surface area contributed by atoms with Gasteiger partial charge in [0.25, 0.3) is 0 Å². The fraction of sp³-hybridized carbons (Fsp3) is 0.386. The van der Waals surface area contributed by atoms with E-state index < -0.39 is 139 Å². The molecule has 0 radical (unpaired) electrons. The van der Waals surface area contributed by atoms with Gasteiger partial charge in [0.05, 0.1) is 13.0 Å². The summed E-state index contributed by atoms with van der Waals surface area (Å²) in [5.41, 5.74) is 9.66. The van der Waals surface area contributed by atoms with Gasteiger partial charge in [-0.2, -0.15) is 0 Å². The van der Waals surface area contributed by atoms with Gasteiger partial charge in [-0.05, 0) is 53.1 Å². The zero-order valence-corrected chi connectivity index (χ0v) is 46.0. The molecule has 82 heavy (non-hydrogen) atoms. The molecule has 0 bridgehead atoms. The van der Waals surface area contributed by atoms with Crippen LogP contribution in [-0.2, 0) is 72.0 Å². The second kappa shape index (κ2) is 28.5. The molecule has 8 atom stereocenters. The van der Waals surface area contributed by atoms with Crippen LogP contribution in [0.4, 0.5) is 0 Å². The third kappa shape index (κ3) is 16.7. The van der Waals surface area contributed by atoms with Gasteiger partial charge in [-0.3, -0.25) is 52.7 Å². The molecule has 15 N–H and O–H groups in total. The number of carbonyl (C=O) groups is 11. The van der Waals surface area contributed by atoms with Crippen molar-refractivity contribution in [3.63, 3.8) is 0 Å². The summed E-state index contributed by atoms with van der Waals surface area (Å²) < 4.78 is 0. The van der Waals surface area contributed by atoms with Crippen LogP contribution < -0.4 is 48.3 Å². The molecule has 0 fully saturated rings. The minimum absolute atomic E-state index is 0.0203. The maximum Gasteiger partial charge on any atom is 0.305 e. The number of nitrogens with one attached hydrogen (secondary N) is 11. The van der Waals surface area contributed by atoms with E-state index in [1.165, 1.54) is 6.92 Å². The number of fused-ring (bicyclic) bond motifs is 3. The molecule has 0 spiro atoms. The maximum atomic E-state index is 14.5. The predicted molar refractivity (Wildman–Crippen MR) is 301 cm³/mol. The van der Waals surface area contributed by atoms with Gasteiger partial charge in [0.1, 0.15) is 42.3 Å². The second-order valence-electron chi connectivity index (χ2n) is 20.5. The second-order valence-corrected chi connectivity index (χ2v) is 20.5. The molecular weight excluding hydrogens is 1060 g/mol. The number of hydrogen-bond acceptors (Lipinski definition) is 11. The lowest BCUT2D eigenvalue weighted by molar-refractivity contribution is -0.141. The van der Waals surface area contributed by atoms with Crippen molar-refractivity contribution >= 4 is 97.8 Å². The number of aliphatic carboxylic acids is 2. The third-order valence-corrected chi connectivity index (χ3v) is 14.1. The fourth-order valence-corrected chi connectivity index (χ4v) is 9.43. The molecule has 0 aliphatic carbocycles. The Morgan fingerprint density at radius 1 is 0.500 bits per heavy atom. The Labute approximate surface area is 470 Å². The molecule has 25 nitrogen and oxygen atoms in total. The molecule has 0 aliphatic rings. The first-order valence-electron chi connectivity index (χ1n) is 26.8. The van der Waals surface area contributed by atoms with E-state index in [-0.39, 0.29) is 25.2 Å². The monoisotopic (exact) mass is 1130 g/mol. The lowest BCUT2D eigenvalue weighted by Gasteiger charge is -2.27. The molecule has 0 saturated heterocycles. The lowest BCUT2D eigenvalue weighted by Crippen LogP contribution is -2.60. The Kier molecular flexibility index (Phi) is 21.5. The van der Waals surface area contributed by atoms with Crippen LogP contribution in [0.5, 0.6) is 0 Å². The Bertz CT molecular complexity index is 3330. The summed E-state index contributed by atoms with van der Waals surface area (Å²) in [6, 6.07) is 11.3. The minimum Gasteiger partial charge on any atom is -0.481 e. The summed E-state index contributed by atoms with van der Waals surface area (Å²) in [4.78, 5) is 156. The zero-order valence-electron chi connectivity index (χ0n) is 46.0. The van der Waals surface area contributed by atoms with Gasteiger partial charge in [0.2, 0.25) is 53.2 Å². The molecule has 3 aromatic carbocycles. The van der Waals surface area contributed by atoms with E-state index in [1.807, 2.05) is 31.2 Å². The average molecular weight is 1130 g/mol. The number of primary amides is 1. The number of rotatable bonds is 30. The summed E-state index contributed by atoms with van der Waals surface area (Å²) in [5.74, 6) is -11.7. The van der Waals surface area contributed by atoms with E-state index in [0.717, 1.165) is 21.8 Å². The Hall–Kier alpha value is -9.55. The highest BCUT2D eigenvalue weighted by Crippen LogP contribution is 2.23. The first-order valence-corrected chi connectivity index (χ1v) is 26.8. The molecular formula is C57H70N12O13. The summed E-state index contributed by atoms with van der Waals surface area (Å²) in [5, 5.41) is 42.1. The van der Waals surface area contributed by atoms with E-state index in [0.29, 0.717) is 34.0 Å². The van der Waals surface area contributed by atoms with Crippen LogP contribution in [-0.4, -0.2) is 139 Å². The van der Waals surface area contributed by atoms with Gasteiger partial charge in [-0.1, -0.05) is 88.7 Å². The van der Waals surface area contributed by atoms with Crippen LogP contribution in [0.2, 0.25) is 0 Å². The van der Waals surface area contributed by atoms with Crippen LogP contribution in [0.15, 0.2) is 91.4 Å². The van der Waals surface area contributed by atoms with Crippen molar-refractivity contribution in [1.82, 2.24) is 57.5 Å². The van der Waals surface area contributed by atoms with Crippen molar-refractivity contribution in [2.45, 2.75) is 122 Å². The number of nitrogens with two attached hydrogens (primary N) is 1. The van der Waals surface area contributed by atoms with E-state index >= 15 is 0 Å². The Balaban J connectivity index is 1.19. The SMILES string of the molecule is CC[C@H](C)[C@@H](NC(C)=O)C(=O)N[C@H](Cc1c[nH]c2ccccc12)C(=O)NCC(=O)N[C@@H](C(=O)N[C@H](Cc1c[nH]c2ccccc12)C(=O)N[C@H](CC(=O)O)C(=O)N[C@H](CCC(=O)O)C(=O)N[C@H](Cc1c[nH]c2ccccc12)C(N)=O)C(C)C. The summed E-state index contributed by atoms with van der Waals surface area (Å²) >= 11 is 0. The number of para-hydroxylation sites is 3. The maximum absolute atomic E-state index is 14.5. The van der Waals surface area contributed by atoms with Gasteiger partial charge >= 0.3 is 11.9 Å². The Morgan fingerprint density at radius 3 is 1.37 bits per heavy atom. The molecule has 9 amide bonds. The number of H-pyrrole nitrogens is 3. The zero-order chi connectivity index (χ0) is 59.8. The van der Waals surface area contributed by atoms with Crippen LogP contribution in [0, 0.1) is 11.8 Å². The highest BCUT2D eigenvalue weighted by Gasteiger charge is 2.36. The first kappa shape index (κ1) is 61.7. The highest BCUT2D eigenvalue weighted by molar-refractivity contribution is 5.99. The van der Waals surface area contributed by atoms with Crippen molar-refractivity contribution < 1.29 is 63.0 Å². The minimum atomic E-state index is -1.94. The first-order chi connectivity index (χ1) is 39.0. The summed E-state index contributed by atoms with van der Waals surface area (Å²) in [6.07, 6.45) is 2.81. The summed E-state index contributed by atoms with van der Waals surface area (Å²) in [7, 11) is 0. The van der Waals surface area contributed by atoms with E-state index in [9.17, 15) is 63.0 Å². The quantitative estimate of drug-likeness (QED) is 0.0302. The number of carboxylic acids is 2. The number of amides is 9. The summed E-state index contributed by atoms with van der Waals surface area (Å²) in [6.45, 7) is 7.42. The topological polar surface area (TPSA) is 398 Å². The van der Waals surface area contributed by atoms with Gasteiger partial charge in [-0.25, -0.2) is 0 Å². The lowest BCUT2D eigenvalue weighted by atomic mass is 9.97. The normalized spacial score (nSPS) is 14.2. The van der Waals surface area contributed by atoms with Gasteiger partial charge in [0.15, 0.2) is 0 Å². The number of hydrogen-bond donors (Lipinski definition) is 14. The van der Waals surface area contributed by atoms with Gasteiger partial charge in [-0.15, -0.1) is 0 Å². The van der Waals surface area contributed by atoms with Crippen molar-refractivity contribution in [3.8, 4) is 0 Å². The molecule has 0 unspecified atom stereocenters. The van der Waals surface area contributed by atoms with Crippen molar-refractivity contribution in [2.24, 2.45) is 17.6 Å². The molecule has 3 aromatic heterocycles. The molecule has 3 heterocycles. The van der Waals surface area contributed by atoms with Crippen LogP contribution in [0.3, 0.4) is 0 Å². The number of carboxylic acid groups (broad SMARTS) is 2. The standard InChI is InChI=1S/C57H70N12O13/c1-6-30(4)50(63-31(5)70)57(82)67-43(22-33-26-60-39-17-11-8-14-36(33)39)52(77)62-28-46(71)69-49(29(2)3)56(81)68-44(23-34-27-61-40-18-12-9-15-37(34)40)54(79)66-45(24-48(74)75)55(80)64-41(19-20-47(72)73)53(78)65-42(51(58)76)21-32-25-59-38-16-10-7-13-35(32)38/h7-18,25-27,29-30,41-45,49-50,59-61H,6,19-24,28H2,1-5H3,(H2,58,76)(H,62,77)(H,63,70)(H,64,80)(H,65,78)(H,66,79)(H,67,82)(H,68,81)(H,69,71)(H,72,73)(H,74,75)/t30-,41+,42+,43+,44+,45+,49+,50+/m0/s1. The molecule has 0 saturated carbocycles. The van der Waals surface area contributed by atoms with E-state index in [2.05, 4.69) is 57.5 Å². The van der Waals surface area contributed by atoms with E-state index in [4.69, 9.17) is 5.73 Å².